The van der Waals surface area contributed by atoms with E-state index in [-0.39, 0.29) is 17.7 Å². The van der Waals surface area contributed by atoms with Gasteiger partial charge in [-0.2, -0.15) is 0 Å². The quantitative estimate of drug-likeness (QED) is 0.763. The Kier molecular flexibility index (Phi) is 4.71. The Labute approximate surface area is 152 Å². The van der Waals surface area contributed by atoms with Crippen molar-refractivity contribution in [3.63, 3.8) is 0 Å². The third-order valence-corrected chi connectivity index (χ3v) is 4.80. The summed E-state index contributed by atoms with van der Waals surface area (Å²) in [5.41, 5.74) is 3.89. The van der Waals surface area contributed by atoms with Gasteiger partial charge in [0, 0.05) is 42.7 Å². The molecule has 1 saturated heterocycles. The first-order chi connectivity index (χ1) is 12.8. The first kappa shape index (κ1) is 16.4. The molecule has 3 aromatic rings. The Hall–Kier alpha value is -3.05. The smallest absolute Gasteiger partial charge is 0.229 e. The highest BCUT2D eigenvalue weighted by Crippen LogP contribution is 2.29. The van der Waals surface area contributed by atoms with Gasteiger partial charge in [0.25, 0.3) is 0 Å². The van der Waals surface area contributed by atoms with Gasteiger partial charge in [-0.25, -0.2) is 9.97 Å². The van der Waals surface area contributed by atoms with Crippen LogP contribution in [0.5, 0.6) is 0 Å². The van der Waals surface area contributed by atoms with Crippen LogP contribution in [0.3, 0.4) is 0 Å². The molecule has 26 heavy (non-hydrogen) atoms. The Bertz CT molecular complexity index is 883. The molecule has 130 valence electrons. The van der Waals surface area contributed by atoms with Crippen LogP contribution in [0.15, 0.2) is 73.3 Å². The molecule has 2 heterocycles. The van der Waals surface area contributed by atoms with E-state index in [0.717, 1.165) is 23.4 Å². The van der Waals surface area contributed by atoms with E-state index in [0.29, 0.717) is 6.54 Å². The van der Waals surface area contributed by atoms with Crippen molar-refractivity contribution in [2.75, 3.05) is 18.4 Å². The van der Waals surface area contributed by atoms with Crippen LogP contribution in [0.4, 0.5) is 5.69 Å². The number of carbonyl (C=O) groups excluding carboxylic acids is 1. The molecule has 1 amide bonds. The van der Waals surface area contributed by atoms with E-state index in [1.54, 1.807) is 12.4 Å². The zero-order chi connectivity index (χ0) is 17.8. The van der Waals surface area contributed by atoms with E-state index in [1.807, 2.05) is 42.5 Å². The van der Waals surface area contributed by atoms with E-state index in [2.05, 4.69) is 32.7 Å². The minimum Gasteiger partial charge on any atom is -0.326 e. The molecule has 2 aromatic carbocycles. The molecule has 1 aliphatic rings. The van der Waals surface area contributed by atoms with Gasteiger partial charge in [0.15, 0.2) is 0 Å². The van der Waals surface area contributed by atoms with Crippen LogP contribution < -0.4 is 10.6 Å². The number of rotatable bonds is 4. The molecular formula is C21H20N4O. The van der Waals surface area contributed by atoms with Crippen molar-refractivity contribution in [1.82, 2.24) is 15.3 Å². The molecule has 2 unspecified atom stereocenters. The Morgan fingerprint density at radius 2 is 1.77 bits per heavy atom. The van der Waals surface area contributed by atoms with Crippen molar-refractivity contribution in [2.24, 2.45) is 5.92 Å². The second kappa shape index (κ2) is 7.45. The predicted molar refractivity (Wildman–Crippen MR) is 102 cm³/mol. The summed E-state index contributed by atoms with van der Waals surface area (Å²) < 4.78 is 0. The number of carbonyl (C=O) groups is 1. The van der Waals surface area contributed by atoms with Crippen molar-refractivity contribution in [3.8, 4) is 11.1 Å². The van der Waals surface area contributed by atoms with Crippen LogP contribution in [-0.4, -0.2) is 29.0 Å². The minimum atomic E-state index is -0.0823. The molecule has 0 aliphatic carbocycles. The fourth-order valence-electron chi connectivity index (χ4n) is 3.46. The van der Waals surface area contributed by atoms with Crippen molar-refractivity contribution < 1.29 is 4.79 Å². The number of benzene rings is 2. The molecule has 0 radical (unpaired) electrons. The lowest BCUT2D eigenvalue weighted by Gasteiger charge is -2.19. The van der Waals surface area contributed by atoms with Gasteiger partial charge in [-0.3, -0.25) is 4.79 Å². The monoisotopic (exact) mass is 344 g/mol. The summed E-state index contributed by atoms with van der Waals surface area (Å²) in [6.45, 7) is 1.51. The summed E-state index contributed by atoms with van der Waals surface area (Å²) in [7, 11) is 0. The van der Waals surface area contributed by atoms with Crippen molar-refractivity contribution in [1.29, 1.82) is 0 Å². The van der Waals surface area contributed by atoms with Gasteiger partial charge in [0.2, 0.25) is 5.91 Å². The average Bonchev–Trinajstić information content (AvgIpc) is 3.20. The highest BCUT2D eigenvalue weighted by Gasteiger charge is 2.33. The third-order valence-electron chi connectivity index (χ3n) is 4.80. The van der Waals surface area contributed by atoms with Gasteiger partial charge in [-0.15, -0.1) is 0 Å². The lowest BCUT2D eigenvalue weighted by Crippen LogP contribution is -2.28. The summed E-state index contributed by atoms with van der Waals surface area (Å²) in [4.78, 5) is 21.0. The predicted octanol–water partition coefficient (Wildman–Crippen LogP) is 3.09. The molecule has 1 fully saturated rings. The molecule has 0 bridgehead atoms. The number of anilines is 1. The molecule has 5 nitrogen and oxygen atoms in total. The molecule has 5 heteroatoms. The maximum atomic E-state index is 12.9. The number of nitrogens with zero attached hydrogens (tertiary/aromatic N) is 2. The van der Waals surface area contributed by atoms with Gasteiger partial charge >= 0.3 is 0 Å². The SMILES string of the molecule is O=C(Nc1cccc(-c2cncnc2)c1)C1CNCC1c1ccccc1. The van der Waals surface area contributed by atoms with E-state index >= 15 is 0 Å². The molecule has 4 rings (SSSR count). The number of amides is 1. The number of aromatic nitrogens is 2. The average molecular weight is 344 g/mol. The highest BCUT2D eigenvalue weighted by atomic mass is 16.1. The summed E-state index contributed by atoms with van der Waals surface area (Å²) >= 11 is 0. The normalized spacial score (nSPS) is 19.2. The topological polar surface area (TPSA) is 66.9 Å². The van der Waals surface area contributed by atoms with Gasteiger partial charge in [0.05, 0.1) is 5.92 Å². The van der Waals surface area contributed by atoms with E-state index in [4.69, 9.17) is 0 Å². The molecular weight excluding hydrogens is 324 g/mol. The first-order valence-corrected chi connectivity index (χ1v) is 8.73. The standard InChI is InChI=1S/C21H20N4O/c26-21(20-13-22-12-19(20)15-5-2-1-3-6-15)25-18-8-4-7-16(9-18)17-10-23-14-24-11-17/h1-11,14,19-20,22H,12-13H2,(H,25,26). The van der Waals surface area contributed by atoms with Gasteiger partial charge < -0.3 is 10.6 Å². The van der Waals surface area contributed by atoms with Gasteiger partial charge in [-0.05, 0) is 23.3 Å². The lowest BCUT2D eigenvalue weighted by molar-refractivity contribution is -0.119. The van der Waals surface area contributed by atoms with Crippen LogP contribution in [0, 0.1) is 5.92 Å². The molecule has 0 saturated carbocycles. The van der Waals surface area contributed by atoms with Crippen molar-refractivity contribution in [2.45, 2.75) is 5.92 Å². The summed E-state index contributed by atoms with van der Waals surface area (Å²) in [5, 5.41) is 6.42. The zero-order valence-electron chi connectivity index (χ0n) is 14.3. The van der Waals surface area contributed by atoms with Crippen molar-refractivity contribution >= 4 is 11.6 Å². The maximum absolute atomic E-state index is 12.9. The zero-order valence-corrected chi connectivity index (χ0v) is 14.3. The van der Waals surface area contributed by atoms with Crippen LogP contribution >= 0.6 is 0 Å². The highest BCUT2D eigenvalue weighted by molar-refractivity contribution is 5.94. The second-order valence-corrected chi connectivity index (χ2v) is 6.48. The van der Waals surface area contributed by atoms with Gasteiger partial charge in [0.1, 0.15) is 6.33 Å². The van der Waals surface area contributed by atoms with E-state index in [1.165, 1.54) is 11.9 Å². The van der Waals surface area contributed by atoms with E-state index in [9.17, 15) is 4.79 Å². The number of nitrogens with one attached hydrogen (secondary N) is 2. The lowest BCUT2D eigenvalue weighted by atomic mass is 9.88. The van der Waals surface area contributed by atoms with Crippen LogP contribution in [0.1, 0.15) is 11.5 Å². The molecule has 0 spiro atoms. The second-order valence-electron chi connectivity index (χ2n) is 6.48. The molecule has 1 aromatic heterocycles. The van der Waals surface area contributed by atoms with Crippen LogP contribution in [0.25, 0.3) is 11.1 Å². The molecule has 1 aliphatic heterocycles. The Morgan fingerprint density at radius 3 is 2.58 bits per heavy atom. The fourth-order valence-corrected chi connectivity index (χ4v) is 3.46. The van der Waals surface area contributed by atoms with Crippen molar-refractivity contribution in [3.05, 3.63) is 78.9 Å². The minimum absolute atomic E-state index is 0.0466. The fraction of sp³-hybridized carbons (Fsp3) is 0.190. The number of hydrogen-bond donors (Lipinski definition) is 2. The van der Waals surface area contributed by atoms with Crippen LogP contribution in [-0.2, 0) is 4.79 Å². The molecule has 2 N–H and O–H groups in total. The summed E-state index contributed by atoms with van der Waals surface area (Å²) in [6.07, 6.45) is 5.03. The molecule has 2 atom stereocenters. The van der Waals surface area contributed by atoms with E-state index < -0.39 is 0 Å². The third kappa shape index (κ3) is 3.48. The largest absolute Gasteiger partial charge is 0.326 e. The van der Waals surface area contributed by atoms with Crippen LogP contribution in [0.2, 0.25) is 0 Å². The maximum Gasteiger partial charge on any atom is 0.229 e. The Balaban J connectivity index is 1.51. The first-order valence-electron chi connectivity index (χ1n) is 8.73. The van der Waals surface area contributed by atoms with Gasteiger partial charge in [-0.1, -0.05) is 42.5 Å². The number of hydrogen-bond acceptors (Lipinski definition) is 4. The Morgan fingerprint density at radius 1 is 0.962 bits per heavy atom. The summed E-state index contributed by atoms with van der Waals surface area (Å²) in [6, 6.07) is 18.0. The summed E-state index contributed by atoms with van der Waals surface area (Å²) in [5.74, 6) is 0.160.